The van der Waals surface area contributed by atoms with E-state index in [1.165, 1.54) is 38.8 Å². The van der Waals surface area contributed by atoms with Crippen LogP contribution < -0.4 is 0 Å². The van der Waals surface area contributed by atoms with Crippen molar-refractivity contribution in [3.8, 4) is 67.5 Å². The standard InChI is InChI=1S/C49H30N2O/c1-3-13-32(14-4-1)43-30-44(33-15-5-2-6-16-33)51-48(50-43)34-25-23-31(24-26-34)35-27-28-42-39(29-35)47-46(38-19-9-12-22-45(38)52-47)49(42)40-20-10-7-17-36(40)37-18-8-11-21-41(37)49/h1-30H. The van der Waals surface area contributed by atoms with Gasteiger partial charge in [0.2, 0.25) is 0 Å². The Morgan fingerprint density at radius 3 is 1.56 bits per heavy atom. The van der Waals surface area contributed by atoms with Gasteiger partial charge in [0.15, 0.2) is 5.82 Å². The third kappa shape index (κ3) is 4.08. The summed E-state index contributed by atoms with van der Waals surface area (Å²) in [6, 6.07) is 64.5. The van der Waals surface area contributed by atoms with E-state index in [9.17, 15) is 0 Å². The van der Waals surface area contributed by atoms with Crippen molar-refractivity contribution in [2.24, 2.45) is 0 Å². The van der Waals surface area contributed by atoms with Gasteiger partial charge in [0.05, 0.1) is 16.8 Å². The van der Waals surface area contributed by atoms with Gasteiger partial charge in [-0.3, -0.25) is 0 Å². The van der Waals surface area contributed by atoms with Gasteiger partial charge >= 0.3 is 0 Å². The largest absolute Gasteiger partial charge is 0.456 e. The van der Waals surface area contributed by atoms with Crippen LogP contribution in [0.3, 0.4) is 0 Å². The van der Waals surface area contributed by atoms with E-state index >= 15 is 0 Å². The SMILES string of the molecule is c1ccc(-c2cc(-c3ccccc3)nc(-c3ccc(-c4ccc5c(c4)-c4oc6ccccc6c4C54c5ccccc5-c5ccccc54)cc3)n2)cc1. The summed E-state index contributed by atoms with van der Waals surface area (Å²) in [5.74, 6) is 1.66. The fourth-order valence-electron chi connectivity index (χ4n) is 8.68. The van der Waals surface area contributed by atoms with Crippen LogP contribution in [0.1, 0.15) is 22.3 Å². The Morgan fingerprint density at radius 1 is 0.385 bits per heavy atom. The van der Waals surface area contributed by atoms with E-state index in [0.29, 0.717) is 5.82 Å². The van der Waals surface area contributed by atoms with Gasteiger partial charge in [-0.15, -0.1) is 0 Å². The first-order chi connectivity index (χ1) is 25.8. The molecule has 0 saturated heterocycles. The maximum Gasteiger partial charge on any atom is 0.160 e. The van der Waals surface area contributed by atoms with Gasteiger partial charge in [-0.1, -0.05) is 164 Å². The lowest BCUT2D eigenvalue weighted by Gasteiger charge is -2.30. The fraction of sp³-hybridized carbons (Fsp3) is 0.0204. The summed E-state index contributed by atoms with van der Waals surface area (Å²) in [4.78, 5) is 10.1. The van der Waals surface area contributed by atoms with Crippen molar-refractivity contribution in [2.75, 3.05) is 0 Å². The molecule has 242 valence electrons. The van der Waals surface area contributed by atoms with Crippen LogP contribution in [-0.4, -0.2) is 9.97 Å². The molecular formula is C49H30N2O. The van der Waals surface area contributed by atoms with Gasteiger partial charge in [-0.05, 0) is 57.1 Å². The molecule has 0 radical (unpaired) electrons. The second kappa shape index (κ2) is 11.1. The Balaban J connectivity index is 1.06. The summed E-state index contributed by atoms with van der Waals surface area (Å²) in [6.07, 6.45) is 0. The van der Waals surface area contributed by atoms with Crippen molar-refractivity contribution in [3.63, 3.8) is 0 Å². The van der Waals surface area contributed by atoms with Crippen LogP contribution in [0, 0.1) is 0 Å². The molecule has 0 bridgehead atoms. The lowest BCUT2D eigenvalue weighted by Crippen LogP contribution is -2.25. The zero-order valence-electron chi connectivity index (χ0n) is 28.1. The number of hydrogen-bond acceptors (Lipinski definition) is 3. The van der Waals surface area contributed by atoms with E-state index in [-0.39, 0.29) is 0 Å². The van der Waals surface area contributed by atoms with Gasteiger partial charge in [-0.25, -0.2) is 9.97 Å². The Hall–Kier alpha value is -6.84. The first-order valence-electron chi connectivity index (χ1n) is 17.7. The molecule has 0 fully saturated rings. The third-order valence-corrected chi connectivity index (χ3v) is 10.9. The van der Waals surface area contributed by atoms with Gasteiger partial charge in [0, 0.05) is 33.2 Å². The number of para-hydroxylation sites is 1. The Bertz CT molecular complexity index is 2730. The lowest BCUT2D eigenvalue weighted by molar-refractivity contribution is 0.628. The van der Waals surface area contributed by atoms with Crippen molar-refractivity contribution >= 4 is 11.0 Å². The highest BCUT2D eigenvalue weighted by Gasteiger charge is 2.54. The summed E-state index contributed by atoms with van der Waals surface area (Å²) < 4.78 is 6.80. The number of nitrogens with zero attached hydrogens (tertiary/aromatic N) is 2. The predicted molar refractivity (Wildman–Crippen MR) is 210 cm³/mol. The van der Waals surface area contributed by atoms with Crippen LogP contribution in [0.25, 0.3) is 78.4 Å². The zero-order chi connectivity index (χ0) is 34.2. The molecule has 2 aliphatic carbocycles. The van der Waals surface area contributed by atoms with Crippen LogP contribution >= 0.6 is 0 Å². The molecule has 7 aromatic carbocycles. The van der Waals surface area contributed by atoms with Crippen molar-refractivity contribution in [1.29, 1.82) is 0 Å². The first-order valence-corrected chi connectivity index (χ1v) is 17.7. The molecule has 2 aliphatic rings. The minimum atomic E-state index is -0.454. The van der Waals surface area contributed by atoms with E-state index in [1.807, 2.05) is 36.4 Å². The molecule has 3 nitrogen and oxygen atoms in total. The molecule has 2 heterocycles. The maximum absolute atomic E-state index is 6.80. The van der Waals surface area contributed by atoms with Crippen molar-refractivity contribution < 1.29 is 4.42 Å². The van der Waals surface area contributed by atoms with Crippen LogP contribution in [0.5, 0.6) is 0 Å². The second-order valence-electron chi connectivity index (χ2n) is 13.7. The number of rotatable bonds is 4. The number of fused-ring (bicyclic) bond motifs is 12. The molecule has 0 aliphatic heterocycles. The molecule has 0 saturated carbocycles. The van der Waals surface area contributed by atoms with Crippen molar-refractivity contribution in [3.05, 3.63) is 204 Å². The van der Waals surface area contributed by atoms with Gasteiger partial charge in [0.1, 0.15) is 11.3 Å². The second-order valence-corrected chi connectivity index (χ2v) is 13.7. The summed E-state index contributed by atoms with van der Waals surface area (Å²) in [7, 11) is 0. The molecule has 11 rings (SSSR count). The average molecular weight is 663 g/mol. The highest BCUT2D eigenvalue weighted by atomic mass is 16.3. The van der Waals surface area contributed by atoms with Crippen molar-refractivity contribution in [2.45, 2.75) is 5.41 Å². The van der Waals surface area contributed by atoms with Crippen LogP contribution in [0.4, 0.5) is 0 Å². The normalized spacial score (nSPS) is 13.2. The van der Waals surface area contributed by atoms with Crippen LogP contribution in [0.2, 0.25) is 0 Å². The quantitative estimate of drug-likeness (QED) is 0.188. The monoisotopic (exact) mass is 662 g/mol. The summed E-state index contributed by atoms with van der Waals surface area (Å²) in [5.41, 5.74) is 16.5. The highest BCUT2D eigenvalue weighted by molar-refractivity contribution is 6.02. The van der Waals surface area contributed by atoms with E-state index < -0.39 is 5.41 Å². The lowest BCUT2D eigenvalue weighted by atomic mass is 9.70. The molecule has 1 spiro atoms. The molecule has 0 amide bonds. The Kier molecular flexibility index (Phi) is 6.17. The number of benzene rings is 7. The average Bonchev–Trinajstić information content (AvgIpc) is 3.85. The molecule has 3 heteroatoms. The Morgan fingerprint density at radius 2 is 0.904 bits per heavy atom. The number of hydrogen-bond donors (Lipinski definition) is 0. The first kappa shape index (κ1) is 28.9. The van der Waals surface area contributed by atoms with Gasteiger partial charge < -0.3 is 4.42 Å². The molecular weight excluding hydrogens is 633 g/mol. The predicted octanol–water partition coefficient (Wildman–Crippen LogP) is 12.2. The van der Waals surface area contributed by atoms with Crippen LogP contribution in [0.15, 0.2) is 186 Å². The number of aromatic nitrogens is 2. The molecule has 0 atom stereocenters. The van der Waals surface area contributed by atoms with Crippen LogP contribution in [-0.2, 0) is 5.41 Å². The van der Waals surface area contributed by atoms with Gasteiger partial charge in [0.25, 0.3) is 0 Å². The molecule has 9 aromatic rings. The molecule has 0 N–H and O–H groups in total. The molecule has 0 unspecified atom stereocenters. The maximum atomic E-state index is 6.80. The van der Waals surface area contributed by atoms with E-state index in [4.69, 9.17) is 14.4 Å². The van der Waals surface area contributed by atoms with E-state index in [1.54, 1.807) is 0 Å². The minimum absolute atomic E-state index is 0.454. The Labute approximate surface area is 301 Å². The summed E-state index contributed by atoms with van der Waals surface area (Å²) in [6.45, 7) is 0. The summed E-state index contributed by atoms with van der Waals surface area (Å²) >= 11 is 0. The fourth-order valence-corrected chi connectivity index (χ4v) is 8.68. The number of furan rings is 1. The minimum Gasteiger partial charge on any atom is -0.456 e. The van der Waals surface area contributed by atoms with E-state index in [2.05, 4.69) is 146 Å². The molecule has 2 aromatic heterocycles. The van der Waals surface area contributed by atoms with Crippen molar-refractivity contribution in [1.82, 2.24) is 9.97 Å². The zero-order valence-corrected chi connectivity index (χ0v) is 28.1. The smallest absolute Gasteiger partial charge is 0.160 e. The highest BCUT2D eigenvalue weighted by Crippen LogP contribution is 2.65. The summed E-state index contributed by atoms with van der Waals surface area (Å²) in [5, 5.41) is 1.17. The molecule has 52 heavy (non-hydrogen) atoms. The topological polar surface area (TPSA) is 38.9 Å². The van der Waals surface area contributed by atoms with E-state index in [0.717, 1.165) is 56.1 Å². The third-order valence-electron chi connectivity index (χ3n) is 10.9. The van der Waals surface area contributed by atoms with Gasteiger partial charge in [-0.2, -0.15) is 0 Å².